The highest BCUT2D eigenvalue weighted by atomic mass is 79.9. The average Bonchev–Trinajstić information content (AvgIpc) is 2.48. The molecule has 0 aromatic heterocycles. The Labute approximate surface area is 127 Å². The minimum atomic E-state index is 0.0567. The van der Waals surface area contributed by atoms with Gasteiger partial charge in [-0.2, -0.15) is 0 Å². The minimum absolute atomic E-state index is 0.0567. The van der Waals surface area contributed by atoms with Gasteiger partial charge in [-0.1, -0.05) is 15.9 Å². The summed E-state index contributed by atoms with van der Waals surface area (Å²) in [6.45, 7) is 5.13. The second-order valence-electron chi connectivity index (χ2n) is 5.45. The van der Waals surface area contributed by atoms with E-state index in [-0.39, 0.29) is 6.04 Å². The van der Waals surface area contributed by atoms with E-state index >= 15 is 0 Å². The van der Waals surface area contributed by atoms with Crippen LogP contribution in [0.15, 0.2) is 22.7 Å². The number of benzene rings is 1. The number of carbonyl (C=O) groups excluding carboxylic acids is 1. The van der Waals surface area contributed by atoms with Crippen molar-refractivity contribution in [2.75, 3.05) is 39.8 Å². The van der Waals surface area contributed by atoms with Gasteiger partial charge in [0.2, 0.25) is 0 Å². The molecule has 3 fully saturated rings. The normalized spacial score (nSPS) is 28.4. The fourth-order valence-electron chi connectivity index (χ4n) is 3.11. The van der Waals surface area contributed by atoms with Gasteiger partial charge in [0.15, 0.2) is 5.78 Å². The van der Waals surface area contributed by atoms with Crippen molar-refractivity contribution in [1.29, 1.82) is 0 Å². The van der Waals surface area contributed by atoms with Crippen molar-refractivity contribution in [3.05, 3.63) is 28.2 Å². The van der Waals surface area contributed by atoms with E-state index in [2.05, 4.69) is 25.7 Å². The largest absolute Gasteiger partial charge is 0.496 e. The number of ketones is 1. The zero-order chi connectivity index (χ0) is 14.1. The summed E-state index contributed by atoms with van der Waals surface area (Å²) in [4.78, 5) is 17.3. The number of ether oxygens (including phenoxy) is 1. The van der Waals surface area contributed by atoms with Crippen LogP contribution in [0.2, 0.25) is 0 Å². The predicted octanol–water partition coefficient (Wildman–Crippen LogP) is 1.57. The van der Waals surface area contributed by atoms with Gasteiger partial charge in [0.05, 0.1) is 13.2 Å². The number of methoxy groups -OCH3 is 1. The molecular weight excluding hydrogens is 320 g/mol. The molecule has 1 aromatic carbocycles. The average molecular weight is 339 g/mol. The number of Topliss-reactive ketones (excluding diaryl/α,β-unsaturated/α-hetero) is 1. The van der Waals surface area contributed by atoms with Gasteiger partial charge in [-0.25, -0.2) is 0 Å². The third-order valence-corrected chi connectivity index (χ3v) is 4.75. The van der Waals surface area contributed by atoms with Crippen LogP contribution in [0.25, 0.3) is 0 Å². The van der Waals surface area contributed by atoms with E-state index in [1.54, 1.807) is 7.11 Å². The first-order chi connectivity index (χ1) is 9.67. The molecule has 0 amide bonds. The minimum Gasteiger partial charge on any atom is -0.496 e. The zero-order valence-electron chi connectivity index (χ0n) is 11.6. The highest BCUT2D eigenvalue weighted by molar-refractivity contribution is 9.10. The molecule has 1 unspecified atom stereocenters. The maximum atomic E-state index is 12.6. The van der Waals surface area contributed by atoms with E-state index in [1.165, 1.54) is 0 Å². The van der Waals surface area contributed by atoms with E-state index < -0.39 is 0 Å². The standard InChI is InChI=1S/C15H19BrN2O2/c1-20-15-3-2-12(16)8-11(15)9-14(19)13-10-17-4-6-18(13)7-5-17/h2-3,8,13H,4-7,9-10H2,1H3. The molecule has 4 rings (SSSR count). The SMILES string of the molecule is COc1ccc(Br)cc1CC(=O)C1CN2CCN1CC2. The topological polar surface area (TPSA) is 32.8 Å². The summed E-state index contributed by atoms with van der Waals surface area (Å²) in [7, 11) is 1.65. The van der Waals surface area contributed by atoms with Crippen LogP contribution in [0.5, 0.6) is 5.75 Å². The number of halogens is 1. The molecule has 2 bridgehead atoms. The number of hydrogen-bond donors (Lipinski definition) is 0. The lowest BCUT2D eigenvalue weighted by Crippen LogP contribution is -2.63. The third kappa shape index (κ3) is 2.75. The van der Waals surface area contributed by atoms with Crippen molar-refractivity contribution >= 4 is 21.7 Å². The molecule has 1 aromatic rings. The van der Waals surface area contributed by atoms with Gasteiger partial charge in [0.25, 0.3) is 0 Å². The van der Waals surface area contributed by atoms with Gasteiger partial charge in [-0.15, -0.1) is 0 Å². The predicted molar refractivity (Wildman–Crippen MR) is 81.2 cm³/mol. The molecule has 4 nitrogen and oxygen atoms in total. The van der Waals surface area contributed by atoms with Gasteiger partial charge in [-0.05, 0) is 18.2 Å². The molecule has 3 saturated heterocycles. The van der Waals surface area contributed by atoms with Gasteiger partial charge in [0, 0.05) is 49.2 Å². The Morgan fingerprint density at radius 1 is 1.35 bits per heavy atom. The Kier molecular flexibility index (Phi) is 4.10. The summed E-state index contributed by atoms with van der Waals surface area (Å²) < 4.78 is 6.34. The van der Waals surface area contributed by atoms with Crippen LogP contribution in [0.4, 0.5) is 0 Å². The fraction of sp³-hybridized carbons (Fsp3) is 0.533. The summed E-state index contributed by atoms with van der Waals surface area (Å²) in [5.74, 6) is 1.09. The first-order valence-corrected chi connectivity index (χ1v) is 7.78. The number of rotatable bonds is 4. The van der Waals surface area contributed by atoms with Gasteiger partial charge in [0.1, 0.15) is 5.75 Å². The van der Waals surface area contributed by atoms with Crippen molar-refractivity contribution in [3.8, 4) is 5.75 Å². The number of nitrogens with zero attached hydrogens (tertiary/aromatic N) is 2. The summed E-state index contributed by atoms with van der Waals surface area (Å²) in [6, 6.07) is 5.88. The van der Waals surface area contributed by atoms with E-state index in [4.69, 9.17) is 4.74 Å². The maximum absolute atomic E-state index is 12.6. The van der Waals surface area contributed by atoms with Crippen LogP contribution < -0.4 is 4.74 Å². The van der Waals surface area contributed by atoms with Crippen LogP contribution in [0.1, 0.15) is 5.56 Å². The van der Waals surface area contributed by atoms with Crippen molar-refractivity contribution < 1.29 is 9.53 Å². The van der Waals surface area contributed by atoms with Gasteiger partial charge >= 0.3 is 0 Å². The highest BCUT2D eigenvalue weighted by Crippen LogP contribution is 2.25. The Morgan fingerprint density at radius 2 is 2.10 bits per heavy atom. The van der Waals surface area contributed by atoms with E-state index in [0.29, 0.717) is 12.2 Å². The summed E-state index contributed by atoms with van der Waals surface area (Å²) in [5.41, 5.74) is 0.963. The highest BCUT2D eigenvalue weighted by Gasteiger charge is 2.36. The first-order valence-electron chi connectivity index (χ1n) is 6.99. The van der Waals surface area contributed by atoms with Crippen molar-refractivity contribution in [2.45, 2.75) is 12.5 Å². The second kappa shape index (κ2) is 5.84. The van der Waals surface area contributed by atoms with Gasteiger partial charge < -0.3 is 4.74 Å². The molecule has 108 valence electrons. The van der Waals surface area contributed by atoms with Gasteiger partial charge in [-0.3, -0.25) is 14.6 Å². The lowest BCUT2D eigenvalue weighted by molar-refractivity contribution is -0.128. The van der Waals surface area contributed by atoms with Crippen molar-refractivity contribution in [1.82, 2.24) is 9.80 Å². The molecule has 3 aliphatic heterocycles. The van der Waals surface area contributed by atoms with Crippen LogP contribution >= 0.6 is 15.9 Å². The lowest BCUT2D eigenvalue weighted by atomic mass is 9.98. The quantitative estimate of drug-likeness (QED) is 0.834. The molecule has 0 saturated carbocycles. The lowest BCUT2D eigenvalue weighted by Gasteiger charge is -2.46. The summed E-state index contributed by atoms with van der Waals surface area (Å²) in [6.07, 6.45) is 0.442. The number of fused-ring (bicyclic) bond motifs is 3. The molecule has 0 spiro atoms. The molecule has 1 atom stereocenters. The number of piperazine rings is 3. The molecule has 3 aliphatic rings. The zero-order valence-corrected chi connectivity index (χ0v) is 13.2. The molecule has 0 N–H and O–H groups in total. The Morgan fingerprint density at radius 3 is 2.70 bits per heavy atom. The van der Waals surface area contributed by atoms with E-state index in [9.17, 15) is 4.79 Å². The van der Waals surface area contributed by atoms with Crippen LogP contribution in [0, 0.1) is 0 Å². The molecule has 3 heterocycles. The van der Waals surface area contributed by atoms with E-state index in [1.807, 2.05) is 18.2 Å². The molecule has 0 radical (unpaired) electrons. The Bertz CT molecular complexity index is 513. The Balaban J connectivity index is 1.74. The molecule has 0 aliphatic carbocycles. The molecule has 20 heavy (non-hydrogen) atoms. The van der Waals surface area contributed by atoms with Crippen LogP contribution in [0.3, 0.4) is 0 Å². The monoisotopic (exact) mass is 338 g/mol. The second-order valence-corrected chi connectivity index (χ2v) is 6.37. The molecular formula is C15H19BrN2O2. The van der Waals surface area contributed by atoms with Crippen LogP contribution in [-0.4, -0.2) is 61.5 Å². The molecule has 5 heteroatoms. The van der Waals surface area contributed by atoms with Crippen molar-refractivity contribution in [3.63, 3.8) is 0 Å². The fourth-order valence-corrected chi connectivity index (χ4v) is 3.52. The Hall–Kier alpha value is -0.910. The van der Waals surface area contributed by atoms with Crippen molar-refractivity contribution in [2.24, 2.45) is 0 Å². The summed E-state index contributed by atoms with van der Waals surface area (Å²) >= 11 is 3.46. The number of carbonyl (C=O) groups is 1. The van der Waals surface area contributed by atoms with E-state index in [0.717, 1.165) is 48.5 Å². The van der Waals surface area contributed by atoms with Crippen LogP contribution in [-0.2, 0) is 11.2 Å². The smallest absolute Gasteiger partial charge is 0.155 e. The summed E-state index contributed by atoms with van der Waals surface area (Å²) in [5, 5.41) is 0. The first kappa shape index (κ1) is 14.0. The number of hydrogen-bond acceptors (Lipinski definition) is 4. The maximum Gasteiger partial charge on any atom is 0.155 e. The third-order valence-electron chi connectivity index (χ3n) is 4.26.